The summed E-state index contributed by atoms with van der Waals surface area (Å²) in [5, 5.41) is 3.15. The maximum absolute atomic E-state index is 13.5. The van der Waals surface area contributed by atoms with Crippen LogP contribution in [0.5, 0.6) is 0 Å². The Morgan fingerprint density at radius 2 is 2.09 bits per heavy atom. The van der Waals surface area contributed by atoms with Crippen molar-refractivity contribution in [1.29, 1.82) is 0 Å². The van der Waals surface area contributed by atoms with Gasteiger partial charge in [-0.3, -0.25) is 4.90 Å². The predicted molar refractivity (Wildman–Crippen MR) is 127 cm³/mol. The van der Waals surface area contributed by atoms with Gasteiger partial charge in [-0.2, -0.15) is 0 Å². The van der Waals surface area contributed by atoms with Gasteiger partial charge in [-0.1, -0.05) is 32.4 Å². The normalized spacial score (nSPS) is 22.1. The van der Waals surface area contributed by atoms with Crippen LogP contribution < -0.4 is 10.2 Å². The largest absolute Gasteiger partial charge is 0.422 e. The van der Waals surface area contributed by atoms with Crippen LogP contribution in [0.1, 0.15) is 33.6 Å². The van der Waals surface area contributed by atoms with Crippen LogP contribution >= 0.6 is 11.6 Å². The van der Waals surface area contributed by atoms with Crippen molar-refractivity contribution < 1.29 is 13.9 Å². The van der Waals surface area contributed by atoms with Gasteiger partial charge in [0, 0.05) is 37.2 Å². The van der Waals surface area contributed by atoms with Crippen molar-refractivity contribution in [1.82, 2.24) is 24.8 Å². The number of carbonyl (C=O) groups excluding carboxylic acids is 1. The number of nitrogens with zero attached hydrogens (tertiary/aromatic N) is 6. The van der Waals surface area contributed by atoms with Crippen LogP contribution in [-0.4, -0.2) is 56.3 Å². The molecule has 0 aliphatic carbocycles. The molecule has 2 aromatic heterocycles. The Kier molecular flexibility index (Phi) is 5.23. The van der Waals surface area contributed by atoms with Gasteiger partial charge in [0.25, 0.3) is 0 Å². The summed E-state index contributed by atoms with van der Waals surface area (Å²) < 4.78 is 19.3. The average molecular weight is 486 g/mol. The number of halogens is 2. The van der Waals surface area contributed by atoms with Crippen molar-refractivity contribution in [2.24, 2.45) is 5.41 Å². The summed E-state index contributed by atoms with van der Waals surface area (Å²) in [5.74, 6) is 0.469. The summed E-state index contributed by atoms with van der Waals surface area (Å²) in [6.45, 7) is 6.86. The number of rotatable bonds is 4. The number of ether oxygens (including phenoxy) is 1. The van der Waals surface area contributed by atoms with Gasteiger partial charge in [0.05, 0.1) is 11.2 Å². The third kappa shape index (κ3) is 3.56. The monoisotopic (exact) mass is 485 g/mol. The van der Waals surface area contributed by atoms with E-state index in [0.717, 1.165) is 6.42 Å². The number of piperidine rings is 1. The van der Waals surface area contributed by atoms with E-state index in [-0.39, 0.29) is 22.6 Å². The van der Waals surface area contributed by atoms with E-state index >= 15 is 0 Å². The van der Waals surface area contributed by atoms with E-state index in [1.807, 2.05) is 16.8 Å². The summed E-state index contributed by atoms with van der Waals surface area (Å²) in [7, 11) is 1.94. The molecule has 1 N–H and O–H groups in total. The van der Waals surface area contributed by atoms with E-state index in [4.69, 9.17) is 21.3 Å². The molecule has 2 aliphatic rings. The highest BCUT2D eigenvalue weighted by Gasteiger charge is 2.63. The van der Waals surface area contributed by atoms with Gasteiger partial charge in [-0.05, 0) is 24.6 Å². The van der Waals surface area contributed by atoms with Crippen molar-refractivity contribution in [3.8, 4) is 0 Å². The Balaban J connectivity index is 1.44. The van der Waals surface area contributed by atoms with Crippen LogP contribution in [0.3, 0.4) is 0 Å². The molecule has 1 aromatic carbocycles. The highest BCUT2D eigenvalue weighted by atomic mass is 35.5. The SMILES string of the molecule is CN(c1ncc2ncnc(Nc3ccc(F)c(Cl)c3)c2n1)C1CCN2C(=O)OC2(C(C)(C)C)C1. The smallest absolute Gasteiger partial charge is 0.415 e. The van der Waals surface area contributed by atoms with Gasteiger partial charge < -0.3 is 15.0 Å². The second-order valence-electron chi connectivity index (χ2n) is 9.69. The maximum atomic E-state index is 13.5. The zero-order chi connectivity index (χ0) is 24.3. The van der Waals surface area contributed by atoms with E-state index < -0.39 is 11.5 Å². The number of carbonyl (C=O) groups is 1. The minimum Gasteiger partial charge on any atom is -0.422 e. The number of hydrogen-bond donors (Lipinski definition) is 1. The minimum absolute atomic E-state index is 0.00854. The lowest BCUT2D eigenvalue weighted by atomic mass is 9.73. The fraction of sp³-hybridized carbons (Fsp3) is 0.435. The van der Waals surface area contributed by atoms with Gasteiger partial charge in [-0.25, -0.2) is 29.1 Å². The van der Waals surface area contributed by atoms with Crippen molar-refractivity contribution in [3.05, 3.63) is 41.6 Å². The molecule has 0 spiro atoms. The standard InChI is InChI=1S/C23H25ClFN7O2/c1-22(2,3)23-10-14(7-8-32(23)21(33)34-23)31(4)20-26-11-17-18(30-20)19(28-12-27-17)29-13-5-6-16(25)15(24)9-13/h5-6,9,11-12,14H,7-8,10H2,1-4H3,(H,27,28,29). The molecule has 34 heavy (non-hydrogen) atoms. The second kappa shape index (κ2) is 7.90. The molecule has 3 aromatic rings. The second-order valence-corrected chi connectivity index (χ2v) is 10.1. The van der Waals surface area contributed by atoms with Crippen LogP contribution in [0.25, 0.3) is 11.0 Å². The van der Waals surface area contributed by atoms with Gasteiger partial charge in [-0.15, -0.1) is 0 Å². The molecule has 2 atom stereocenters. The molecule has 0 radical (unpaired) electrons. The molecule has 11 heteroatoms. The predicted octanol–water partition coefficient (Wildman–Crippen LogP) is 4.75. The molecule has 0 bridgehead atoms. The van der Waals surface area contributed by atoms with Crippen LogP contribution in [0.4, 0.5) is 26.6 Å². The zero-order valence-electron chi connectivity index (χ0n) is 19.3. The van der Waals surface area contributed by atoms with Gasteiger partial charge in [0.1, 0.15) is 23.2 Å². The minimum atomic E-state index is -0.643. The maximum Gasteiger partial charge on any atom is 0.415 e. The Hall–Kier alpha value is -3.27. The van der Waals surface area contributed by atoms with Gasteiger partial charge >= 0.3 is 6.09 Å². The topological polar surface area (TPSA) is 96.4 Å². The van der Waals surface area contributed by atoms with Crippen molar-refractivity contribution in [3.63, 3.8) is 0 Å². The van der Waals surface area contributed by atoms with Crippen LogP contribution in [0.2, 0.25) is 5.02 Å². The molecular formula is C23H25ClFN7O2. The van der Waals surface area contributed by atoms with Gasteiger partial charge in [0.15, 0.2) is 11.5 Å². The lowest BCUT2D eigenvalue weighted by Crippen LogP contribution is -2.75. The van der Waals surface area contributed by atoms with Crippen LogP contribution in [-0.2, 0) is 4.74 Å². The molecule has 5 rings (SSSR count). The van der Waals surface area contributed by atoms with Crippen LogP contribution in [0.15, 0.2) is 30.7 Å². The highest BCUT2D eigenvalue weighted by molar-refractivity contribution is 6.31. The van der Waals surface area contributed by atoms with E-state index in [2.05, 4.69) is 41.0 Å². The Labute approximate surface area is 201 Å². The number of fused-ring (bicyclic) bond motifs is 2. The molecule has 1 amide bonds. The fourth-order valence-electron chi connectivity index (χ4n) is 4.66. The Bertz CT molecular complexity index is 1280. The first-order chi connectivity index (χ1) is 16.1. The number of aromatic nitrogens is 4. The summed E-state index contributed by atoms with van der Waals surface area (Å²) >= 11 is 5.92. The molecule has 2 aliphatic heterocycles. The molecule has 4 heterocycles. The number of amides is 1. The van der Waals surface area contributed by atoms with E-state index in [0.29, 0.717) is 41.5 Å². The van der Waals surface area contributed by atoms with E-state index in [1.165, 1.54) is 18.5 Å². The van der Waals surface area contributed by atoms with Crippen LogP contribution in [0, 0.1) is 11.2 Å². The zero-order valence-corrected chi connectivity index (χ0v) is 20.1. The van der Waals surface area contributed by atoms with Crippen molar-refractivity contribution in [2.45, 2.75) is 45.4 Å². The summed E-state index contributed by atoms with van der Waals surface area (Å²) in [6.07, 6.45) is 4.22. The summed E-state index contributed by atoms with van der Waals surface area (Å²) in [4.78, 5) is 33.8. The van der Waals surface area contributed by atoms with Gasteiger partial charge in [0.2, 0.25) is 5.95 Å². The third-order valence-electron chi connectivity index (χ3n) is 6.69. The summed E-state index contributed by atoms with van der Waals surface area (Å²) in [5.41, 5.74) is 0.780. The Morgan fingerprint density at radius 3 is 2.79 bits per heavy atom. The lowest BCUT2D eigenvalue weighted by Gasteiger charge is -2.61. The quantitative estimate of drug-likeness (QED) is 0.565. The van der Waals surface area contributed by atoms with E-state index in [1.54, 1.807) is 12.3 Å². The first-order valence-electron chi connectivity index (χ1n) is 11.0. The first-order valence-corrected chi connectivity index (χ1v) is 11.4. The fourth-order valence-corrected chi connectivity index (χ4v) is 4.84. The third-order valence-corrected chi connectivity index (χ3v) is 6.98. The molecule has 9 nitrogen and oxygen atoms in total. The molecule has 0 saturated carbocycles. The van der Waals surface area contributed by atoms with Crippen molar-refractivity contribution >= 4 is 46.2 Å². The lowest BCUT2D eigenvalue weighted by molar-refractivity contribution is -0.257. The molecule has 2 fully saturated rings. The summed E-state index contributed by atoms with van der Waals surface area (Å²) in [6, 6.07) is 4.41. The number of benzene rings is 1. The highest BCUT2D eigenvalue weighted by Crippen LogP contribution is 2.50. The number of hydrogen-bond acceptors (Lipinski definition) is 8. The first kappa shape index (κ1) is 22.5. The number of nitrogens with one attached hydrogen (secondary N) is 1. The van der Waals surface area contributed by atoms with Crippen molar-refractivity contribution in [2.75, 3.05) is 23.8 Å². The van der Waals surface area contributed by atoms with E-state index in [9.17, 15) is 9.18 Å². The Morgan fingerprint density at radius 1 is 1.29 bits per heavy atom. The molecular weight excluding hydrogens is 461 g/mol. The average Bonchev–Trinajstić information content (AvgIpc) is 2.79. The molecule has 2 saturated heterocycles. The molecule has 2 unspecified atom stereocenters. The molecule has 178 valence electrons. The number of anilines is 3.